The molecule has 0 atom stereocenters. The van der Waals surface area contributed by atoms with Crippen LogP contribution in [-0.4, -0.2) is 29.7 Å². The number of rotatable bonds is 4. The summed E-state index contributed by atoms with van der Waals surface area (Å²) in [7, 11) is 0. The van der Waals surface area contributed by atoms with Crippen molar-refractivity contribution in [1.29, 1.82) is 0 Å². The van der Waals surface area contributed by atoms with Gasteiger partial charge in [0.2, 0.25) is 0 Å². The minimum absolute atomic E-state index is 0.00947. The summed E-state index contributed by atoms with van der Waals surface area (Å²) in [6.07, 6.45) is -0.214. The first-order valence-corrected chi connectivity index (χ1v) is 10.3. The SMILES string of the molecule is Cc1cc(-c2n[nH]c3ccc(-c4ccn(Cc5ccnc(C(F)(F)F)c5)c(=O)c4)nc23)ccn1. The lowest BCUT2D eigenvalue weighted by atomic mass is 10.1. The standard InChI is InChI=1S/C24H17F3N6O/c1-14-10-17(5-8-28-14)22-23-19(31-32-22)3-2-18(30-23)16-6-9-33(21(34)12-16)13-15-4-7-29-20(11-15)24(25,26)27/h2-12H,13H2,1H3,(H,31,32). The zero-order chi connectivity index (χ0) is 23.9. The van der Waals surface area contributed by atoms with Crippen LogP contribution in [0, 0.1) is 6.92 Å². The molecular weight excluding hydrogens is 445 g/mol. The third kappa shape index (κ3) is 4.17. The van der Waals surface area contributed by atoms with Crippen LogP contribution in [0.2, 0.25) is 0 Å². The van der Waals surface area contributed by atoms with Crippen molar-refractivity contribution in [3.63, 3.8) is 0 Å². The van der Waals surface area contributed by atoms with Crippen LogP contribution < -0.4 is 5.56 Å². The van der Waals surface area contributed by atoms with Crippen LogP contribution >= 0.6 is 0 Å². The monoisotopic (exact) mass is 462 g/mol. The van der Waals surface area contributed by atoms with Gasteiger partial charge in [0.25, 0.3) is 5.56 Å². The molecule has 5 aromatic heterocycles. The number of alkyl halides is 3. The van der Waals surface area contributed by atoms with Gasteiger partial charge in [0.05, 0.1) is 17.8 Å². The summed E-state index contributed by atoms with van der Waals surface area (Å²) in [5, 5.41) is 7.34. The number of pyridine rings is 4. The van der Waals surface area contributed by atoms with Crippen molar-refractivity contribution in [3.05, 3.63) is 94.4 Å². The number of fused-ring (bicyclic) bond motifs is 1. The highest BCUT2D eigenvalue weighted by Gasteiger charge is 2.32. The molecule has 0 amide bonds. The predicted octanol–water partition coefficient (Wildman–Crippen LogP) is 4.62. The van der Waals surface area contributed by atoms with Crippen molar-refractivity contribution in [1.82, 2.24) is 29.7 Å². The largest absolute Gasteiger partial charge is 0.433 e. The van der Waals surface area contributed by atoms with E-state index in [9.17, 15) is 18.0 Å². The number of hydrogen-bond acceptors (Lipinski definition) is 5. The first-order chi connectivity index (χ1) is 16.3. The lowest BCUT2D eigenvalue weighted by molar-refractivity contribution is -0.141. The molecule has 0 radical (unpaired) electrons. The zero-order valence-electron chi connectivity index (χ0n) is 17.8. The summed E-state index contributed by atoms with van der Waals surface area (Å²) < 4.78 is 40.1. The van der Waals surface area contributed by atoms with Crippen molar-refractivity contribution in [3.8, 4) is 22.5 Å². The zero-order valence-corrected chi connectivity index (χ0v) is 17.8. The van der Waals surface area contributed by atoms with Gasteiger partial charge in [-0.15, -0.1) is 0 Å². The Morgan fingerprint density at radius 3 is 2.56 bits per heavy atom. The molecule has 10 heteroatoms. The fraction of sp³-hybridized carbons (Fsp3) is 0.125. The van der Waals surface area contributed by atoms with E-state index in [0.29, 0.717) is 28.0 Å². The van der Waals surface area contributed by atoms with Crippen molar-refractivity contribution in [2.75, 3.05) is 0 Å². The first-order valence-electron chi connectivity index (χ1n) is 10.3. The van der Waals surface area contributed by atoms with Crippen LogP contribution in [0.15, 0.2) is 71.9 Å². The molecule has 5 aromatic rings. The van der Waals surface area contributed by atoms with Gasteiger partial charge in [0.1, 0.15) is 16.9 Å². The van der Waals surface area contributed by atoms with E-state index in [1.807, 2.05) is 25.1 Å². The maximum atomic E-state index is 12.9. The van der Waals surface area contributed by atoms with Crippen LogP contribution in [0.3, 0.4) is 0 Å². The lowest BCUT2D eigenvalue weighted by Gasteiger charge is -2.10. The summed E-state index contributed by atoms with van der Waals surface area (Å²) in [5.74, 6) is 0. The van der Waals surface area contributed by atoms with Crippen molar-refractivity contribution in [2.45, 2.75) is 19.6 Å². The normalized spacial score (nSPS) is 11.8. The minimum Gasteiger partial charge on any atom is -0.311 e. The Kier molecular flexibility index (Phi) is 5.20. The highest BCUT2D eigenvalue weighted by atomic mass is 19.4. The molecule has 0 spiro atoms. The number of aryl methyl sites for hydroxylation is 1. The molecule has 0 bridgehead atoms. The van der Waals surface area contributed by atoms with Crippen LogP contribution in [-0.2, 0) is 12.7 Å². The highest BCUT2D eigenvalue weighted by Crippen LogP contribution is 2.29. The molecule has 170 valence electrons. The molecule has 5 rings (SSSR count). The van der Waals surface area contributed by atoms with Crippen molar-refractivity contribution in [2.24, 2.45) is 0 Å². The second-order valence-corrected chi connectivity index (χ2v) is 7.78. The van der Waals surface area contributed by atoms with Gasteiger partial charge in [-0.2, -0.15) is 18.3 Å². The van der Waals surface area contributed by atoms with Crippen LogP contribution in [0.25, 0.3) is 33.5 Å². The van der Waals surface area contributed by atoms with E-state index in [1.165, 1.54) is 16.7 Å². The molecule has 34 heavy (non-hydrogen) atoms. The summed E-state index contributed by atoms with van der Waals surface area (Å²) in [6.45, 7) is 1.88. The van der Waals surface area contributed by atoms with E-state index >= 15 is 0 Å². The first kappa shape index (κ1) is 21.5. The number of nitrogens with zero attached hydrogens (tertiary/aromatic N) is 5. The van der Waals surface area contributed by atoms with Crippen LogP contribution in [0.5, 0.6) is 0 Å². The van der Waals surface area contributed by atoms with Gasteiger partial charge in [0.15, 0.2) is 0 Å². The van der Waals surface area contributed by atoms with Crippen molar-refractivity contribution < 1.29 is 13.2 Å². The molecule has 0 aromatic carbocycles. The molecule has 5 heterocycles. The topological polar surface area (TPSA) is 89.4 Å². The number of nitrogens with one attached hydrogen (secondary N) is 1. The van der Waals surface area contributed by atoms with E-state index in [-0.39, 0.29) is 12.1 Å². The van der Waals surface area contributed by atoms with Gasteiger partial charge in [0, 0.05) is 41.5 Å². The summed E-state index contributed by atoms with van der Waals surface area (Å²) in [6, 6.07) is 12.9. The van der Waals surface area contributed by atoms with Gasteiger partial charge >= 0.3 is 6.18 Å². The molecule has 0 fully saturated rings. The smallest absolute Gasteiger partial charge is 0.311 e. The van der Waals surface area contributed by atoms with Crippen LogP contribution in [0.1, 0.15) is 17.0 Å². The summed E-state index contributed by atoms with van der Waals surface area (Å²) in [5.41, 5.74) is 3.94. The number of aromatic amines is 1. The Hall–Kier alpha value is -4.34. The van der Waals surface area contributed by atoms with Crippen molar-refractivity contribution >= 4 is 11.0 Å². The fourth-order valence-corrected chi connectivity index (χ4v) is 3.68. The van der Waals surface area contributed by atoms with E-state index in [1.54, 1.807) is 24.5 Å². The van der Waals surface area contributed by atoms with E-state index < -0.39 is 11.9 Å². The second kappa shape index (κ2) is 8.22. The minimum atomic E-state index is -4.55. The molecule has 0 aliphatic heterocycles. The Balaban J connectivity index is 1.47. The lowest BCUT2D eigenvalue weighted by Crippen LogP contribution is -2.19. The second-order valence-electron chi connectivity index (χ2n) is 7.78. The Labute approximate surface area is 191 Å². The third-order valence-corrected chi connectivity index (χ3v) is 5.34. The number of hydrogen-bond donors (Lipinski definition) is 1. The number of aromatic nitrogens is 6. The quantitative estimate of drug-likeness (QED) is 0.421. The summed E-state index contributed by atoms with van der Waals surface area (Å²) in [4.78, 5) is 25.0. The molecule has 0 saturated carbocycles. The molecule has 0 aliphatic carbocycles. The Morgan fingerprint density at radius 1 is 0.971 bits per heavy atom. The molecular formula is C24H17F3N6O. The molecule has 0 unspecified atom stereocenters. The highest BCUT2D eigenvalue weighted by molar-refractivity contribution is 5.90. The van der Waals surface area contributed by atoms with E-state index in [2.05, 4.69) is 20.2 Å². The van der Waals surface area contributed by atoms with Gasteiger partial charge in [-0.25, -0.2) is 4.98 Å². The fourth-order valence-electron chi connectivity index (χ4n) is 3.68. The molecule has 7 nitrogen and oxygen atoms in total. The Bertz CT molecular complexity index is 1570. The van der Waals surface area contributed by atoms with Crippen LogP contribution in [0.4, 0.5) is 13.2 Å². The van der Waals surface area contributed by atoms with Gasteiger partial charge < -0.3 is 4.57 Å². The maximum absolute atomic E-state index is 12.9. The molecule has 0 saturated heterocycles. The predicted molar refractivity (Wildman–Crippen MR) is 120 cm³/mol. The molecule has 1 N–H and O–H groups in total. The van der Waals surface area contributed by atoms with Gasteiger partial charge in [-0.1, -0.05) is 0 Å². The Morgan fingerprint density at radius 2 is 1.79 bits per heavy atom. The third-order valence-electron chi connectivity index (χ3n) is 5.34. The van der Waals surface area contributed by atoms with E-state index in [0.717, 1.165) is 29.0 Å². The maximum Gasteiger partial charge on any atom is 0.433 e. The average molecular weight is 462 g/mol. The number of H-pyrrole nitrogens is 1. The summed E-state index contributed by atoms with van der Waals surface area (Å²) >= 11 is 0. The van der Waals surface area contributed by atoms with E-state index in [4.69, 9.17) is 4.98 Å². The molecule has 0 aliphatic rings. The number of halogens is 3. The van der Waals surface area contributed by atoms with Gasteiger partial charge in [-0.3, -0.25) is 19.9 Å². The average Bonchev–Trinajstić information content (AvgIpc) is 3.23. The van der Waals surface area contributed by atoms with Gasteiger partial charge in [-0.05, 0) is 55.0 Å².